The highest BCUT2D eigenvalue weighted by Gasteiger charge is 2.34. The fourth-order valence-electron chi connectivity index (χ4n) is 1.73. The van der Waals surface area contributed by atoms with Gasteiger partial charge in [-0.05, 0) is 22.5 Å². The zero-order valence-corrected chi connectivity index (χ0v) is 9.68. The first-order chi connectivity index (χ1) is 5.73. The Bertz CT molecular complexity index is 245. The van der Waals surface area contributed by atoms with Crippen LogP contribution in [0.15, 0.2) is 16.6 Å². The average Bonchev–Trinajstić information content (AvgIpc) is 2.27. The minimum atomic E-state index is 0.242. The molecule has 0 aromatic rings. The van der Waals surface area contributed by atoms with Crippen LogP contribution < -0.4 is 0 Å². The van der Waals surface area contributed by atoms with Gasteiger partial charge in [0.1, 0.15) is 0 Å². The summed E-state index contributed by atoms with van der Waals surface area (Å²) in [6.45, 7) is 13.5. The maximum atomic E-state index is 4.54. The second kappa shape index (κ2) is 2.97. The minimum Gasteiger partial charge on any atom is -0.285 e. The maximum absolute atomic E-state index is 4.54. The van der Waals surface area contributed by atoms with Gasteiger partial charge in [-0.25, -0.2) is 0 Å². The molecule has 0 amide bonds. The van der Waals surface area contributed by atoms with Crippen LogP contribution in [0.3, 0.4) is 0 Å². The number of rotatable bonds is 0. The Kier molecular flexibility index (Phi) is 2.40. The van der Waals surface area contributed by atoms with E-state index in [9.17, 15) is 0 Å². The number of allylic oxidation sites excluding steroid dienone is 1. The summed E-state index contributed by atoms with van der Waals surface area (Å²) in [5, 5.41) is 0. The third-order valence-electron chi connectivity index (χ3n) is 2.47. The average molecular weight is 179 g/mol. The van der Waals surface area contributed by atoms with Gasteiger partial charge in [-0.1, -0.05) is 41.5 Å². The minimum absolute atomic E-state index is 0.242. The van der Waals surface area contributed by atoms with Crippen molar-refractivity contribution in [3.8, 4) is 0 Å². The molecular formula is C12H21N. The van der Waals surface area contributed by atoms with Crippen molar-refractivity contribution in [3.05, 3.63) is 11.6 Å². The van der Waals surface area contributed by atoms with E-state index in [0.717, 1.165) is 0 Å². The van der Waals surface area contributed by atoms with Gasteiger partial charge in [0.25, 0.3) is 0 Å². The first-order valence-electron chi connectivity index (χ1n) is 4.97. The summed E-state index contributed by atoms with van der Waals surface area (Å²) >= 11 is 0. The monoisotopic (exact) mass is 179 g/mol. The van der Waals surface area contributed by atoms with Crippen LogP contribution in [0.2, 0.25) is 0 Å². The van der Waals surface area contributed by atoms with Crippen molar-refractivity contribution in [2.45, 2.75) is 47.6 Å². The summed E-state index contributed by atoms with van der Waals surface area (Å²) in [5.41, 5.74) is 1.94. The largest absolute Gasteiger partial charge is 0.285 e. The zero-order valence-electron chi connectivity index (χ0n) is 9.68. The van der Waals surface area contributed by atoms with Crippen molar-refractivity contribution < 1.29 is 0 Å². The molecule has 1 unspecified atom stereocenters. The van der Waals surface area contributed by atoms with Gasteiger partial charge >= 0.3 is 0 Å². The van der Waals surface area contributed by atoms with Crippen molar-refractivity contribution in [1.29, 1.82) is 0 Å². The normalized spacial score (nSPS) is 23.5. The predicted octanol–water partition coefficient (Wildman–Crippen LogP) is 3.46. The molecule has 0 aromatic heterocycles. The quantitative estimate of drug-likeness (QED) is 0.540. The van der Waals surface area contributed by atoms with Crippen molar-refractivity contribution in [1.82, 2.24) is 0 Å². The maximum Gasteiger partial charge on any atom is 0.0765 e. The van der Waals surface area contributed by atoms with E-state index in [1.807, 2.05) is 6.21 Å². The molecule has 1 heterocycles. The van der Waals surface area contributed by atoms with Crippen molar-refractivity contribution in [3.63, 3.8) is 0 Å². The molecule has 1 nitrogen and oxygen atoms in total. The van der Waals surface area contributed by atoms with Crippen LogP contribution in [0.25, 0.3) is 0 Å². The van der Waals surface area contributed by atoms with Gasteiger partial charge in [-0.2, -0.15) is 0 Å². The van der Waals surface area contributed by atoms with E-state index in [-0.39, 0.29) is 10.8 Å². The molecule has 1 atom stereocenters. The highest BCUT2D eigenvalue weighted by molar-refractivity contribution is 5.76. The smallest absolute Gasteiger partial charge is 0.0765 e. The highest BCUT2D eigenvalue weighted by atomic mass is 14.8. The van der Waals surface area contributed by atoms with Gasteiger partial charge in [0, 0.05) is 6.21 Å². The van der Waals surface area contributed by atoms with Crippen LogP contribution >= 0.6 is 0 Å². The molecule has 0 bridgehead atoms. The lowest BCUT2D eigenvalue weighted by Crippen LogP contribution is -2.30. The second-order valence-electron chi connectivity index (χ2n) is 5.94. The summed E-state index contributed by atoms with van der Waals surface area (Å²) in [4.78, 5) is 4.54. The molecule has 0 saturated carbocycles. The molecule has 1 rings (SSSR count). The van der Waals surface area contributed by atoms with E-state index in [1.54, 1.807) is 0 Å². The van der Waals surface area contributed by atoms with Gasteiger partial charge in [0.15, 0.2) is 0 Å². The van der Waals surface area contributed by atoms with Crippen molar-refractivity contribution >= 4 is 6.21 Å². The van der Waals surface area contributed by atoms with Crippen molar-refractivity contribution in [2.75, 3.05) is 0 Å². The molecule has 0 saturated heterocycles. The van der Waals surface area contributed by atoms with Crippen LogP contribution in [-0.4, -0.2) is 12.3 Å². The molecule has 0 aromatic carbocycles. The van der Waals surface area contributed by atoms with Crippen LogP contribution in [0.5, 0.6) is 0 Å². The van der Waals surface area contributed by atoms with Gasteiger partial charge in [0.05, 0.1) is 6.04 Å². The molecule has 0 N–H and O–H groups in total. The third kappa shape index (κ3) is 2.20. The van der Waals surface area contributed by atoms with Gasteiger partial charge in [-0.15, -0.1) is 0 Å². The van der Waals surface area contributed by atoms with Gasteiger partial charge in [0.2, 0.25) is 0 Å². The molecule has 0 radical (unpaired) electrons. The lowest BCUT2D eigenvalue weighted by Gasteiger charge is -2.33. The molecule has 1 aliphatic heterocycles. The first kappa shape index (κ1) is 10.5. The number of aliphatic imine (C=N–C) groups is 1. The SMILES string of the molecule is CC(C)(C)C1=CC=NC1C(C)(C)C. The van der Waals surface area contributed by atoms with Crippen LogP contribution in [0.4, 0.5) is 0 Å². The van der Waals surface area contributed by atoms with Gasteiger partial charge < -0.3 is 0 Å². The Morgan fingerprint density at radius 1 is 1.08 bits per heavy atom. The summed E-state index contributed by atoms with van der Waals surface area (Å²) in [5.74, 6) is 0. The number of nitrogens with zero attached hydrogens (tertiary/aromatic N) is 1. The lowest BCUT2D eigenvalue weighted by atomic mass is 9.74. The second-order valence-corrected chi connectivity index (χ2v) is 5.94. The highest BCUT2D eigenvalue weighted by Crippen LogP contribution is 2.39. The molecular weight excluding hydrogens is 158 g/mol. The molecule has 1 aliphatic rings. The Hall–Kier alpha value is -0.590. The Morgan fingerprint density at radius 2 is 1.62 bits per heavy atom. The zero-order chi connectivity index (χ0) is 10.3. The molecule has 1 heteroatoms. The van der Waals surface area contributed by atoms with Crippen LogP contribution in [0, 0.1) is 10.8 Å². The topological polar surface area (TPSA) is 12.4 Å². The summed E-state index contributed by atoms with van der Waals surface area (Å²) in [6.07, 6.45) is 4.13. The Balaban J connectivity index is 2.92. The van der Waals surface area contributed by atoms with E-state index in [0.29, 0.717) is 6.04 Å². The summed E-state index contributed by atoms with van der Waals surface area (Å²) in [6, 6.07) is 0.368. The fourth-order valence-corrected chi connectivity index (χ4v) is 1.73. The van der Waals surface area contributed by atoms with E-state index in [2.05, 4.69) is 52.6 Å². The summed E-state index contributed by atoms with van der Waals surface area (Å²) in [7, 11) is 0. The van der Waals surface area contributed by atoms with E-state index < -0.39 is 0 Å². The summed E-state index contributed by atoms with van der Waals surface area (Å²) < 4.78 is 0. The van der Waals surface area contributed by atoms with E-state index >= 15 is 0 Å². The number of hydrogen-bond acceptors (Lipinski definition) is 1. The van der Waals surface area contributed by atoms with E-state index in [4.69, 9.17) is 0 Å². The molecule has 0 aliphatic carbocycles. The molecule has 0 spiro atoms. The number of hydrogen-bond donors (Lipinski definition) is 0. The molecule has 13 heavy (non-hydrogen) atoms. The van der Waals surface area contributed by atoms with E-state index in [1.165, 1.54) is 5.57 Å². The first-order valence-corrected chi connectivity index (χ1v) is 4.97. The molecule has 0 fully saturated rings. The predicted molar refractivity (Wildman–Crippen MR) is 59.3 cm³/mol. The molecule has 74 valence electrons. The lowest BCUT2D eigenvalue weighted by molar-refractivity contribution is 0.317. The Labute approximate surface area is 82.0 Å². The standard InChI is InChI=1S/C12H21N/c1-11(2,3)9-7-8-13-10(9)12(4,5)6/h7-8,10H,1-6H3. The van der Waals surface area contributed by atoms with Gasteiger partial charge in [-0.3, -0.25) is 4.99 Å². The van der Waals surface area contributed by atoms with Crippen molar-refractivity contribution in [2.24, 2.45) is 15.8 Å². The third-order valence-corrected chi connectivity index (χ3v) is 2.47. The van der Waals surface area contributed by atoms with Crippen LogP contribution in [-0.2, 0) is 0 Å². The van der Waals surface area contributed by atoms with Crippen LogP contribution in [0.1, 0.15) is 41.5 Å². The Morgan fingerprint density at radius 3 is 1.92 bits per heavy atom. The fraction of sp³-hybridized carbons (Fsp3) is 0.750.